The summed E-state index contributed by atoms with van der Waals surface area (Å²) in [5.41, 5.74) is 1.25. The van der Waals surface area contributed by atoms with Crippen molar-refractivity contribution in [3.63, 3.8) is 0 Å². The Labute approximate surface area is 191 Å². The lowest BCUT2D eigenvalue weighted by molar-refractivity contribution is -0.129. The molecule has 11 heteroatoms. The SMILES string of the molecule is O=C(CNc1ccc(F)c(S(=O)(=O)N2CCOCC2)c1)N1CCN(c2ccc(F)cc2)CC1. The van der Waals surface area contributed by atoms with E-state index in [9.17, 15) is 22.0 Å². The zero-order valence-electron chi connectivity index (χ0n) is 18.0. The summed E-state index contributed by atoms with van der Waals surface area (Å²) in [5, 5.41) is 2.91. The van der Waals surface area contributed by atoms with E-state index in [4.69, 9.17) is 4.74 Å². The Bertz CT molecular complexity index is 1080. The molecule has 0 atom stereocenters. The smallest absolute Gasteiger partial charge is 0.246 e. The summed E-state index contributed by atoms with van der Waals surface area (Å²) < 4.78 is 59.5. The van der Waals surface area contributed by atoms with Crippen LogP contribution in [0.25, 0.3) is 0 Å². The number of carbonyl (C=O) groups excluding carboxylic acids is 1. The second kappa shape index (κ2) is 10.0. The Morgan fingerprint density at radius 1 is 0.939 bits per heavy atom. The average Bonchev–Trinajstić information content (AvgIpc) is 2.84. The molecule has 1 N–H and O–H groups in total. The highest BCUT2D eigenvalue weighted by Gasteiger charge is 2.29. The van der Waals surface area contributed by atoms with E-state index in [-0.39, 0.29) is 44.6 Å². The van der Waals surface area contributed by atoms with Gasteiger partial charge >= 0.3 is 0 Å². The number of halogens is 2. The molecule has 0 unspecified atom stereocenters. The van der Waals surface area contributed by atoms with Crippen molar-refractivity contribution >= 4 is 27.3 Å². The number of amides is 1. The van der Waals surface area contributed by atoms with Crippen LogP contribution in [0.5, 0.6) is 0 Å². The minimum atomic E-state index is -4.00. The van der Waals surface area contributed by atoms with Crippen molar-refractivity contribution in [2.24, 2.45) is 0 Å². The molecule has 2 aromatic rings. The van der Waals surface area contributed by atoms with Crippen molar-refractivity contribution in [3.8, 4) is 0 Å². The first kappa shape index (κ1) is 23.4. The fourth-order valence-electron chi connectivity index (χ4n) is 3.89. The number of anilines is 2. The van der Waals surface area contributed by atoms with Gasteiger partial charge in [-0.15, -0.1) is 0 Å². The molecular formula is C22H26F2N4O4S. The highest BCUT2D eigenvalue weighted by molar-refractivity contribution is 7.89. The first-order chi connectivity index (χ1) is 15.8. The number of carbonyl (C=O) groups is 1. The van der Waals surface area contributed by atoms with Crippen LogP contribution in [-0.4, -0.2) is 82.6 Å². The summed E-state index contributed by atoms with van der Waals surface area (Å²) in [5.74, 6) is -1.27. The second-order valence-corrected chi connectivity index (χ2v) is 9.77. The van der Waals surface area contributed by atoms with Crippen molar-refractivity contribution in [1.29, 1.82) is 0 Å². The normalized spacial score (nSPS) is 17.8. The van der Waals surface area contributed by atoms with Crippen molar-refractivity contribution in [1.82, 2.24) is 9.21 Å². The maximum atomic E-state index is 14.3. The Kier molecular flexibility index (Phi) is 7.11. The molecule has 2 aromatic carbocycles. The fraction of sp³-hybridized carbons (Fsp3) is 0.409. The molecule has 0 aliphatic carbocycles. The molecule has 2 aliphatic rings. The maximum absolute atomic E-state index is 14.3. The van der Waals surface area contributed by atoms with E-state index in [1.54, 1.807) is 17.0 Å². The molecule has 0 spiro atoms. The van der Waals surface area contributed by atoms with Gasteiger partial charge in [-0.05, 0) is 42.5 Å². The summed E-state index contributed by atoms with van der Waals surface area (Å²) in [6.45, 7) is 3.09. The monoisotopic (exact) mass is 480 g/mol. The van der Waals surface area contributed by atoms with Crippen LogP contribution >= 0.6 is 0 Å². The standard InChI is InChI=1S/C22H26F2N4O4S/c23-17-1-4-19(5-2-17)26-7-9-27(10-8-26)22(29)16-25-18-3-6-20(24)21(15-18)33(30,31)28-11-13-32-14-12-28/h1-6,15,25H,7-14,16H2. The fourth-order valence-corrected chi connectivity index (χ4v) is 5.39. The van der Waals surface area contributed by atoms with Crippen LogP contribution in [0.2, 0.25) is 0 Å². The minimum absolute atomic E-state index is 0.0424. The molecule has 2 saturated heterocycles. The third-order valence-electron chi connectivity index (χ3n) is 5.79. The number of ether oxygens (including phenoxy) is 1. The molecule has 2 fully saturated rings. The number of piperazine rings is 1. The van der Waals surface area contributed by atoms with Crippen LogP contribution < -0.4 is 10.2 Å². The highest BCUT2D eigenvalue weighted by atomic mass is 32.2. The molecule has 4 rings (SSSR count). The van der Waals surface area contributed by atoms with Gasteiger partial charge in [0.25, 0.3) is 0 Å². The minimum Gasteiger partial charge on any atom is -0.379 e. The third kappa shape index (κ3) is 5.43. The van der Waals surface area contributed by atoms with E-state index in [0.29, 0.717) is 31.9 Å². The summed E-state index contributed by atoms with van der Waals surface area (Å²) >= 11 is 0. The van der Waals surface area contributed by atoms with Crippen molar-refractivity contribution in [3.05, 3.63) is 54.1 Å². The van der Waals surface area contributed by atoms with Gasteiger partial charge in [0.1, 0.15) is 16.5 Å². The molecule has 2 heterocycles. The summed E-state index contributed by atoms with van der Waals surface area (Å²) in [4.78, 5) is 16.0. The lowest BCUT2D eigenvalue weighted by atomic mass is 10.2. The number of rotatable bonds is 6. The van der Waals surface area contributed by atoms with E-state index in [2.05, 4.69) is 10.2 Å². The number of sulfonamides is 1. The van der Waals surface area contributed by atoms with E-state index in [1.807, 2.05) is 0 Å². The number of hydrogen-bond acceptors (Lipinski definition) is 6. The van der Waals surface area contributed by atoms with Crippen molar-refractivity contribution < 1.29 is 26.7 Å². The first-order valence-electron chi connectivity index (χ1n) is 10.7. The Morgan fingerprint density at radius 3 is 2.27 bits per heavy atom. The van der Waals surface area contributed by atoms with Gasteiger partial charge in [0.15, 0.2) is 0 Å². The molecule has 33 heavy (non-hydrogen) atoms. The number of benzene rings is 2. The Hall–Kier alpha value is -2.76. The van der Waals surface area contributed by atoms with Gasteiger partial charge in [0, 0.05) is 50.6 Å². The second-order valence-electron chi connectivity index (χ2n) is 7.86. The molecule has 8 nitrogen and oxygen atoms in total. The number of nitrogens with zero attached hydrogens (tertiary/aromatic N) is 3. The van der Waals surface area contributed by atoms with Crippen LogP contribution in [0.3, 0.4) is 0 Å². The predicted molar refractivity (Wildman–Crippen MR) is 120 cm³/mol. The van der Waals surface area contributed by atoms with E-state index >= 15 is 0 Å². The molecule has 0 radical (unpaired) electrons. The quantitative estimate of drug-likeness (QED) is 0.679. The molecular weight excluding hydrogens is 454 g/mol. The molecule has 2 aliphatic heterocycles. The van der Waals surface area contributed by atoms with Gasteiger partial charge in [0.2, 0.25) is 15.9 Å². The number of nitrogens with one attached hydrogen (secondary N) is 1. The van der Waals surface area contributed by atoms with E-state index in [0.717, 1.165) is 11.8 Å². The highest BCUT2D eigenvalue weighted by Crippen LogP contribution is 2.24. The molecule has 0 aromatic heterocycles. The van der Waals surface area contributed by atoms with E-state index in [1.165, 1.54) is 28.6 Å². The van der Waals surface area contributed by atoms with Crippen molar-refractivity contribution in [2.45, 2.75) is 4.90 Å². The summed E-state index contributed by atoms with van der Waals surface area (Å²) in [6, 6.07) is 9.96. The number of morpholine rings is 1. The maximum Gasteiger partial charge on any atom is 0.246 e. The van der Waals surface area contributed by atoms with E-state index < -0.39 is 20.7 Å². The topological polar surface area (TPSA) is 82.2 Å². The van der Waals surface area contributed by atoms with Crippen LogP contribution in [0, 0.1) is 11.6 Å². The average molecular weight is 481 g/mol. The van der Waals surface area contributed by atoms with Gasteiger partial charge in [-0.3, -0.25) is 4.79 Å². The summed E-state index contributed by atoms with van der Waals surface area (Å²) in [7, 11) is -4.00. The largest absolute Gasteiger partial charge is 0.379 e. The Morgan fingerprint density at radius 2 is 1.61 bits per heavy atom. The van der Waals surface area contributed by atoms with Gasteiger partial charge in [-0.2, -0.15) is 4.31 Å². The van der Waals surface area contributed by atoms with Crippen LogP contribution in [0.4, 0.5) is 20.2 Å². The van der Waals surface area contributed by atoms with Gasteiger partial charge in [-0.1, -0.05) is 0 Å². The zero-order chi connectivity index (χ0) is 23.4. The Balaban J connectivity index is 1.34. The van der Waals surface area contributed by atoms with Crippen LogP contribution in [0.1, 0.15) is 0 Å². The van der Waals surface area contributed by atoms with Gasteiger partial charge < -0.3 is 19.9 Å². The lowest BCUT2D eigenvalue weighted by Crippen LogP contribution is -2.50. The van der Waals surface area contributed by atoms with Crippen LogP contribution in [-0.2, 0) is 19.6 Å². The summed E-state index contributed by atoms with van der Waals surface area (Å²) in [6.07, 6.45) is 0. The van der Waals surface area contributed by atoms with Crippen LogP contribution in [0.15, 0.2) is 47.4 Å². The molecule has 0 saturated carbocycles. The third-order valence-corrected chi connectivity index (χ3v) is 7.70. The van der Waals surface area contributed by atoms with Gasteiger partial charge in [-0.25, -0.2) is 17.2 Å². The molecule has 1 amide bonds. The molecule has 178 valence electrons. The zero-order valence-corrected chi connectivity index (χ0v) is 18.9. The lowest BCUT2D eigenvalue weighted by Gasteiger charge is -2.36. The predicted octanol–water partition coefficient (Wildman–Crippen LogP) is 1.75. The first-order valence-corrected chi connectivity index (χ1v) is 12.2. The van der Waals surface area contributed by atoms with Crippen molar-refractivity contribution in [2.75, 3.05) is 69.2 Å². The number of hydrogen-bond donors (Lipinski definition) is 1. The molecule has 0 bridgehead atoms. The van der Waals surface area contributed by atoms with Gasteiger partial charge in [0.05, 0.1) is 19.8 Å².